The first-order chi connectivity index (χ1) is 14.2. The average molecular weight is 409 g/mol. The van der Waals surface area contributed by atoms with Gasteiger partial charge in [-0.25, -0.2) is 0 Å². The summed E-state index contributed by atoms with van der Waals surface area (Å²) >= 11 is 6.32. The van der Waals surface area contributed by atoms with Crippen LogP contribution in [0, 0.1) is 0 Å². The molecule has 0 N–H and O–H groups in total. The monoisotopic (exact) mass is 408 g/mol. The number of benzene rings is 2. The highest BCUT2D eigenvalue weighted by Gasteiger charge is 2.33. The van der Waals surface area contributed by atoms with E-state index in [-0.39, 0.29) is 12.5 Å². The van der Waals surface area contributed by atoms with Crippen LogP contribution in [0.1, 0.15) is 29.7 Å². The van der Waals surface area contributed by atoms with Crippen molar-refractivity contribution < 1.29 is 9.53 Å². The summed E-state index contributed by atoms with van der Waals surface area (Å²) in [6.07, 6.45) is 4.17. The topological polar surface area (TPSA) is 34.5 Å². The Bertz CT molecular complexity index is 950. The fourth-order valence-electron chi connectivity index (χ4n) is 3.45. The van der Waals surface area contributed by atoms with Crippen LogP contribution in [0.3, 0.4) is 0 Å². The molecule has 4 nitrogen and oxygen atoms in total. The molecule has 3 aromatic rings. The van der Waals surface area contributed by atoms with Crippen LogP contribution in [-0.2, 0) is 29.2 Å². The van der Waals surface area contributed by atoms with E-state index in [4.69, 9.17) is 16.3 Å². The number of nitrogens with zero attached hydrogens (tertiary/aromatic N) is 2. The van der Waals surface area contributed by atoms with Crippen molar-refractivity contribution in [1.29, 1.82) is 0 Å². The maximum absolute atomic E-state index is 12.8. The Morgan fingerprint density at radius 1 is 1.03 bits per heavy atom. The molecule has 0 bridgehead atoms. The van der Waals surface area contributed by atoms with E-state index in [0.29, 0.717) is 25.7 Å². The molecule has 0 aliphatic heterocycles. The summed E-state index contributed by atoms with van der Waals surface area (Å²) in [5.74, 6) is 0.0499. The summed E-state index contributed by atoms with van der Waals surface area (Å²) in [6, 6.07) is 22.2. The van der Waals surface area contributed by atoms with E-state index in [9.17, 15) is 4.79 Å². The van der Waals surface area contributed by atoms with Gasteiger partial charge in [0.15, 0.2) is 0 Å². The van der Waals surface area contributed by atoms with Crippen molar-refractivity contribution in [1.82, 2.24) is 9.47 Å². The van der Waals surface area contributed by atoms with Crippen LogP contribution in [0.15, 0.2) is 72.9 Å². The molecule has 0 spiro atoms. The lowest BCUT2D eigenvalue weighted by atomic mass is 10.2. The van der Waals surface area contributed by atoms with Crippen molar-refractivity contribution in [2.24, 2.45) is 0 Å². The first kappa shape index (κ1) is 19.7. The zero-order chi connectivity index (χ0) is 20.1. The fourth-order valence-corrected chi connectivity index (χ4v) is 3.65. The largest absolute Gasteiger partial charge is 0.367 e. The number of carbonyl (C=O) groups excluding carboxylic acids is 1. The van der Waals surface area contributed by atoms with E-state index in [0.717, 1.165) is 34.7 Å². The van der Waals surface area contributed by atoms with Crippen LogP contribution in [0.4, 0.5) is 0 Å². The molecule has 1 aliphatic carbocycles. The van der Waals surface area contributed by atoms with Crippen molar-refractivity contribution in [2.45, 2.75) is 38.6 Å². The standard InChI is InChI=1S/C24H25ClN2O2/c25-23-11-5-4-9-20(23)15-26-14-6-10-22(26)16-27(21-12-13-21)24(28)18-29-17-19-7-2-1-3-8-19/h1-11,14,21H,12-13,15-18H2. The van der Waals surface area contributed by atoms with Gasteiger partial charge in [-0.2, -0.15) is 0 Å². The third-order valence-electron chi connectivity index (χ3n) is 5.20. The van der Waals surface area contributed by atoms with E-state index < -0.39 is 0 Å². The number of hydrogen-bond acceptors (Lipinski definition) is 2. The van der Waals surface area contributed by atoms with Gasteiger partial charge in [-0.15, -0.1) is 0 Å². The number of ether oxygens (including phenoxy) is 1. The van der Waals surface area contributed by atoms with E-state index in [2.05, 4.69) is 10.6 Å². The van der Waals surface area contributed by atoms with Crippen molar-refractivity contribution >= 4 is 17.5 Å². The van der Waals surface area contributed by atoms with Gasteiger partial charge in [0.1, 0.15) is 6.61 Å². The second kappa shape index (κ2) is 9.29. The molecule has 29 heavy (non-hydrogen) atoms. The van der Waals surface area contributed by atoms with Gasteiger partial charge in [0.2, 0.25) is 5.91 Å². The number of carbonyl (C=O) groups is 1. The second-order valence-corrected chi connectivity index (χ2v) is 7.86. The lowest BCUT2D eigenvalue weighted by Crippen LogP contribution is -2.36. The summed E-state index contributed by atoms with van der Waals surface area (Å²) in [6.45, 7) is 1.85. The zero-order valence-corrected chi connectivity index (χ0v) is 17.1. The van der Waals surface area contributed by atoms with Crippen LogP contribution in [0.2, 0.25) is 5.02 Å². The minimum Gasteiger partial charge on any atom is -0.367 e. The van der Waals surface area contributed by atoms with E-state index >= 15 is 0 Å². The van der Waals surface area contributed by atoms with E-state index in [1.807, 2.05) is 71.8 Å². The van der Waals surface area contributed by atoms with Gasteiger partial charge >= 0.3 is 0 Å². The quantitative estimate of drug-likeness (QED) is 0.504. The maximum atomic E-state index is 12.8. The molecule has 0 atom stereocenters. The Morgan fingerprint density at radius 3 is 2.55 bits per heavy atom. The predicted octanol–water partition coefficient (Wildman–Crippen LogP) is 4.90. The molecule has 1 fully saturated rings. The van der Waals surface area contributed by atoms with Gasteiger partial charge in [0.05, 0.1) is 13.2 Å². The lowest BCUT2D eigenvalue weighted by molar-refractivity contribution is -0.137. The van der Waals surface area contributed by atoms with Crippen LogP contribution in [0.5, 0.6) is 0 Å². The molecule has 1 amide bonds. The van der Waals surface area contributed by atoms with Gasteiger partial charge in [0.25, 0.3) is 0 Å². The molecule has 1 saturated carbocycles. The van der Waals surface area contributed by atoms with Crippen LogP contribution >= 0.6 is 11.6 Å². The summed E-state index contributed by atoms with van der Waals surface area (Å²) < 4.78 is 7.85. The molecule has 4 rings (SSSR count). The molecule has 0 radical (unpaired) electrons. The minimum atomic E-state index is 0.0499. The summed E-state index contributed by atoms with van der Waals surface area (Å²) in [5.41, 5.74) is 3.25. The third kappa shape index (κ3) is 5.28. The van der Waals surface area contributed by atoms with Crippen molar-refractivity contribution in [2.75, 3.05) is 6.61 Å². The molecule has 2 aromatic carbocycles. The van der Waals surface area contributed by atoms with E-state index in [1.165, 1.54) is 0 Å². The Morgan fingerprint density at radius 2 is 1.79 bits per heavy atom. The summed E-state index contributed by atoms with van der Waals surface area (Å²) in [5, 5.41) is 0.761. The number of halogens is 1. The molecular formula is C24H25ClN2O2. The first-order valence-corrected chi connectivity index (χ1v) is 10.4. The Kier molecular flexibility index (Phi) is 6.33. The number of amides is 1. The van der Waals surface area contributed by atoms with Gasteiger partial charge in [0, 0.05) is 29.5 Å². The van der Waals surface area contributed by atoms with Crippen molar-refractivity contribution in [3.05, 3.63) is 94.8 Å². The predicted molar refractivity (Wildman–Crippen MR) is 115 cm³/mol. The minimum absolute atomic E-state index is 0.0499. The summed E-state index contributed by atoms with van der Waals surface area (Å²) in [7, 11) is 0. The zero-order valence-electron chi connectivity index (χ0n) is 16.3. The fraction of sp³-hybridized carbons (Fsp3) is 0.292. The third-order valence-corrected chi connectivity index (χ3v) is 5.57. The molecule has 1 aromatic heterocycles. The normalized spacial score (nSPS) is 13.4. The highest BCUT2D eigenvalue weighted by atomic mass is 35.5. The van der Waals surface area contributed by atoms with Gasteiger partial charge in [-0.3, -0.25) is 4.79 Å². The SMILES string of the molecule is O=C(COCc1ccccc1)N(Cc1cccn1Cc1ccccc1Cl)C1CC1. The molecule has 1 aliphatic rings. The molecule has 1 heterocycles. The van der Waals surface area contributed by atoms with Crippen LogP contribution in [-0.4, -0.2) is 28.0 Å². The number of aromatic nitrogens is 1. The maximum Gasteiger partial charge on any atom is 0.249 e. The van der Waals surface area contributed by atoms with Crippen LogP contribution < -0.4 is 0 Å². The molecule has 0 unspecified atom stereocenters. The highest BCUT2D eigenvalue weighted by molar-refractivity contribution is 6.31. The smallest absolute Gasteiger partial charge is 0.249 e. The lowest BCUT2D eigenvalue weighted by Gasteiger charge is -2.23. The molecular weight excluding hydrogens is 384 g/mol. The van der Waals surface area contributed by atoms with Crippen molar-refractivity contribution in [3.63, 3.8) is 0 Å². The molecule has 0 saturated heterocycles. The number of hydrogen-bond donors (Lipinski definition) is 0. The van der Waals surface area contributed by atoms with Gasteiger partial charge < -0.3 is 14.2 Å². The second-order valence-electron chi connectivity index (χ2n) is 7.45. The van der Waals surface area contributed by atoms with Gasteiger partial charge in [-0.1, -0.05) is 60.1 Å². The Labute approximate surface area is 176 Å². The van der Waals surface area contributed by atoms with E-state index in [1.54, 1.807) is 0 Å². The van der Waals surface area contributed by atoms with Crippen LogP contribution in [0.25, 0.3) is 0 Å². The van der Waals surface area contributed by atoms with Gasteiger partial charge in [-0.05, 0) is 42.2 Å². The first-order valence-electron chi connectivity index (χ1n) is 9.99. The summed E-state index contributed by atoms with van der Waals surface area (Å²) in [4.78, 5) is 14.8. The highest BCUT2D eigenvalue weighted by Crippen LogP contribution is 2.29. The molecule has 150 valence electrons. The Hall–Kier alpha value is -2.56. The Balaban J connectivity index is 1.38. The van der Waals surface area contributed by atoms with Crippen molar-refractivity contribution in [3.8, 4) is 0 Å². The number of rotatable bonds is 9. The molecule has 5 heteroatoms. The average Bonchev–Trinajstić information content (AvgIpc) is 3.48.